The molecule has 2 aromatic carbocycles. The van der Waals surface area contributed by atoms with E-state index in [-0.39, 0.29) is 12.0 Å². The molecule has 2 aromatic heterocycles. The molecule has 5 rings (SSSR count). The van der Waals surface area contributed by atoms with Gasteiger partial charge in [0.25, 0.3) is 0 Å². The Hall–Kier alpha value is -3.08. The maximum Gasteiger partial charge on any atom is 0.159 e. The van der Waals surface area contributed by atoms with E-state index in [0.717, 1.165) is 39.1 Å². The number of hydrogen-bond donors (Lipinski definition) is 0. The van der Waals surface area contributed by atoms with Crippen LogP contribution in [0.15, 0.2) is 53.1 Å². The second-order valence-corrected chi connectivity index (χ2v) is 7.70. The number of fused-ring (bicyclic) bond motifs is 4. The Labute approximate surface area is 163 Å². The second kappa shape index (κ2) is 5.96. The standard InChI is InChI=1S/C23H22FN3O/c1-13(2)26-15(4)27(23-19(26)6-5-11-25-23)21-14(3)7-9-18-17-10-8-16(24)12-20(17)28-22(18)21/h5-13,15H,1-4H3. The highest BCUT2D eigenvalue weighted by Crippen LogP contribution is 2.47. The van der Waals surface area contributed by atoms with Gasteiger partial charge >= 0.3 is 0 Å². The number of halogens is 1. The summed E-state index contributed by atoms with van der Waals surface area (Å²) >= 11 is 0. The fraction of sp³-hybridized carbons (Fsp3) is 0.261. The molecule has 0 bridgehead atoms. The van der Waals surface area contributed by atoms with E-state index in [0.29, 0.717) is 11.6 Å². The first-order valence-corrected chi connectivity index (χ1v) is 9.61. The summed E-state index contributed by atoms with van der Waals surface area (Å²) < 4.78 is 19.9. The molecule has 0 radical (unpaired) electrons. The Balaban J connectivity index is 1.82. The van der Waals surface area contributed by atoms with Crippen LogP contribution in [0.1, 0.15) is 26.3 Å². The molecule has 0 saturated heterocycles. The predicted molar refractivity (Wildman–Crippen MR) is 112 cm³/mol. The van der Waals surface area contributed by atoms with Gasteiger partial charge < -0.3 is 14.2 Å². The summed E-state index contributed by atoms with van der Waals surface area (Å²) in [6.07, 6.45) is 1.91. The summed E-state index contributed by atoms with van der Waals surface area (Å²) in [5.41, 5.74) is 4.54. The van der Waals surface area contributed by atoms with Crippen LogP contribution < -0.4 is 9.80 Å². The molecular weight excluding hydrogens is 353 g/mol. The van der Waals surface area contributed by atoms with E-state index in [1.54, 1.807) is 6.07 Å². The van der Waals surface area contributed by atoms with Crippen molar-refractivity contribution in [2.24, 2.45) is 0 Å². The lowest BCUT2D eigenvalue weighted by Crippen LogP contribution is -2.42. The van der Waals surface area contributed by atoms with Crippen molar-refractivity contribution in [3.63, 3.8) is 0 Å². The average molecular weight is 375 g/mol. The van der Waals surface area contributed by atoms with Gasteiger partial charge in [-0.2, -0.15) is 0 Å². The van der Waals surface area contributed by atoms with Gasteiger partial charge in [-0.3, -0.25) is 0 Å². The van der Waals surface area contributed by atoms with Crippen LogP contribution in [-0.4, -0.2) is 17.2 Å². The lowest BCUT2D eigenvalue weighted by atomic mass is 10.1. The minimum Gasteiger partial charge on any atom is -0.454 e. The molecule has 3 heterocycles. The highest BCUT2D eigenvalue weighted by atomic mass is 19.1. The third-order valence-electron chi connectivity index (χ3n) is 5.62. The summed E-state index contributed by atoms with van der Waals surface area (Å²) in [5.74, 6) is 0.628. The number of nitrogens with zero attached hydrogens (tertiary/aromatic N) is 3. The monoisotopic (exact) mass is 375 g/mol. The Bertz CT molecular complexity index is 1210. The number of anilines is 3. The Morgan fingerprint density at radius 1 is 1.11 bits per heavy atom. The molecule has 142 valence electrons. The molecule has 0 saturated carbocycles. The molecule has 1 aliphatic heterocycles. The summed E-state index contributed by atoms with van der Waals surface area (Å²) in [6.45, 7) is 8.64. The number of rotatable bonds is 2. The fourth-order valence-corrected chi connectivity index (χ4v) is 4.48. The van der Waals surface area contributed by atoms with Gasteiger partial charge in [0.1, 0.15) is 17.6 Å². The SMILES string of the molecule is Cc1ccc2c(oc3cc(F)ccc32)c1N1c2ncccc2N(C(C)C)C1C. The molecule has 4 aromatic rings. The fourth-order valence-electron chi connectivity index (χ4n) is 4.48. The van der Waals surface area contributed by atoms with Crippen LogP contribution in [0.3, 0.4) is 0 Å². The highest BCUT2D eigenvalue weighted by Gasteiger charge is 2.38. The number of furan rings is 1. The lowest BCUT2D eigenvalue weighted by Gasteiger charge is -2.33. The number of aryl methyl sites for hydroxylation is 1. The van der Waals surface area contributed by atoms with E-state index in [1.807, 2.05) is 12.3 Å². The van der Waals surface area contributed by atoms with Gasteiger partial charge in [-0.25, -0.2) is 9.37 Å². The molecule has 1 atom stereocenters. The molecule has 28 heavy (non-hydrogen) atoms. The van der Waals surface area contributed by atoms with Gasteiger partial charge in [-0.05, 0) is 57.5 Å². The van der Waals surface area contributed by atoms with E-state index in [1.165, 1.54) is 12.1 Å². The van der Waals surface area contributed by atoms with E-state index in [4.69, 9.17) is 9.40 Å². The molecule has 0 spiro atoms. The van der Waals surface area contributed by atoms with Crippen LogP contribution in [0.2, 0.25) is 0 Å². The van der Waals surface area contributed by atoms with Crippen molar-refractivity contribution in [1.82, 2.24) is 4.98 Å². The third kappa shape index (κ3) is 2.25. The van der Waals surface area contributed by atoms with Gasteiger partial charge in [0.05, 0.1) is 11.4 Å². The molecule has 4 nitrogen and oxygen atoms in total. The van der Waals surface area contributed by atoms with Crippen LogP contribution in [0.25, 0.3) is 21.9 Å². The first kappa shape index (κ1) is 17.0. The molecule has 1 unspecified atom stereocenters. The van der Waals surface area contributed by atoms with Gasteiger partial charge in [-0.15, -0.1) is 0 Å². The molecular formula is C23H22FN3O. The highest BCUT2D eigenvalue weighted by molar-refractivity contribution is 6.10. The third-order valence-corrected chi connectivity index (χ3v) is 5.62. The maximum atomic E-state index is 13.8. The number of pyridine rings is 1. The number of aromatic nitrogens is 1. The normalized spacial score (nSPS) is 16.6. The van der Waals surface area contributed by atoms with E-state index in [2.05, 4.69) is 55.7 Å². The average Bonchev–Trinajstić information content (AvgIpc) is 3.16. The molecule has 0 N–H and O–H groups in total. The van der Waals surface area contributed by atoms with Crippen molar-refractivity contribution in [1.29, 1.82) is 0 Å². The quantitative estimate of drug-likeness (QED) is 0.421. The zero-order valence-corrected chi connectivity index (χ0v) is 16.4. The number of hydrogen-bond acceptors (Lipinski definition) is 4. The van der Waals surface area contributed by atoms with E-state index < -0.39 is 0 Å². The molecule has 0 fully saturated rings. The van der Waals surface area contributed by atoms with E-state index in [9.17, 15) is 4.39 Å². The summed E-state index contributed by atoms with van der Waals surface area (Å²) in [5, 5.41) is 1.91. The van der Waals surface area contributed by atoms with Crippen LogP contribution in [0.4, 0.5) is 21.6 Å². The molecule has 1 aliphatic rings. The largest absolute Gasteiger partial charge is 0.454 e. The second-order valence-electron chi connectivity index (χ2n) is 7.70. The topological polar surface area (TPSA) is 32.5 Å². The van der Waals surface area contributed by atoms with Gasteiger partial charge in [-0.1, -0.05) is 12.1 Å². The van der Waals surface area contributed by atoms with Crippen molar-refractivity contribution < 1.29 is 8.81 Å². The van der Waals surface area contributed by atoms with Gasteiger partial charge in [0, 0.05) is 29.1 Å². The van der Waals surface area contributed by atoms with Gasteiger partial charge in [0.2, 0.25) is 0 Å². The molecule has 0 aliphatic carbocycles. The molecule has 0 amide bonds. The van der Waals surface area contributed by atoms with Gasteiger partial charge in [0.15, 0.2) is 11.4 Å². The minimum atomic E-state index is -0.294. The minimum absolute atomic E-state index is 0.0825. The first-order valence-electron chi connectivity index (χ1n) is 9.61. The van der Waals surface area contributed by atoms with Crippen molar-refractivity contribution in [2.75, 3.05) is 9.80 Å². The lowest BCUT2D eigenvalue weighted by molar-refractivity contribution is 0.600. The van der Waals surface area contributed by atoms with Crippen molar-refractivity contribution in [3.05, 3.63) is 60.0 Å². The maximum absolute atomic E-state index is 13.8. The Kier molecular flexibility index (Phi) is 3.63. The first-order chi connectivity index (χ1) is 13.5. The van der Waals surface area contributed by atoms with Crippen molar-refractivity contribution in [2.45, 2.75) is 39.9 Å². The van der Waals surface area contributed by atoms with Crippen molar-refractivity contribution in [3.8, 4) is 0 Å². The zero-order chi connectivity index (χ0) is 19.6. The summed E-state index contributed by atoms with van der Waals surface area (Å²) in [4.78, 5) is 9.30. The summed E-state index contributed by atoms with van der Waals surface area (Å²) in [7, 11) is 0. The predicted octanol–water partition coefficient (Wildman–Crippen LogP) is 6.14. The van der Waals surface area contributed by atoms with E-state index >= 15 is 0 Å². The van der Waals surface area contributed by atoms with Crippen LogP contribution in [0.5, 0.6) is 0 Å². The molecule has 5 heteroatoms. The zero-order valence-electron chi connectivity index (χ0n) is 16.4. The summed E-state index contributed by atoms with van der Waals surface area (Å²) in [6, 6.07) is 13.3. The van der Waals surface area contributed by atoms with Crippen LogP contribution in [0, 0.1) is 12.7 Å². The Morgan fingerprint density at radius 3 is 2.68 bits per heavy atom. The smallest absolute Gasteiger partial charge is 0.159 e. The van der Waals surface area contributed by atoms with Crippen LogP contribution in [-0.2, 0) is 0 Å². The number of benzene rings is 2. The van der Waals surface area contributed by atoms with Crippen molar-refractivity contribution >= 4 is 39.1 Å². The Morgan fingerprint density at radius 2 is 1.89 bits per heavy atom. The van der Waals surface area contributed by atoms with Crippen LogP contribution >= 0.6 is 0 Å².